The van der Waals surface area contributed by atoms with Gasteiger partial charge in [0.25, 0.3) is 5.91 Å². The van der Waals surface area contributed by atoms with Crippen LogP contribution in [0, 0.1) is 6.92 Å². The van der Waals surface area contributed by atoms with E-state index in [1.807, 2.05) is 13.0 Å². The largest absolute Gasteiger partial charge is 0.306 e. The third kappa shape index (κ3) is 4.26. The molecule has 0 saturated carbocycles. The van der Waals surface area contributed by atoms with Gasteiger partial charge in [0.1, 0.15) is 5.82 Å². The summed E-state index contributed by atoms with van der Waals surface area (Å²) < 4.78 is 27.2. The van der Waals surface area contributed by atoms with Crippen LogP contribution in [-0.2, 0) is 10.0 Å². The van der Waals surface area contributed by atoms with Gasteiger partial charge in [0.05, 0.1) is 10.5 Å². The highest BCUT2D eigenvalue weighted by atomic mass is 79.9. The minimum Gasteiger partial charge on any atom is -0.306 e. The standard InChI is InChI=1S/C17H20BrN3O3S/c1-4-21(5-2)25(23,24)13-8-9-15(18)14(11-13)17(22)20-16-12(3)7-6-10-19-16/h6-11H,4-5H2,1-3H3,(H,19,20,22). The monoisotopic (exact) mass is 425 g/mol. The molecule has 1 aromatic heterocycles. The van der Waals surface area contributed by atoms with Gasteiger partial charge in [-0.1, -0.05) is 19.9 Å². The summed E-state index contributed by atoms with van der Waals surface area (Å²) in [7, 11) is -3.64. The second-order valence-electron chi connectivity index (χ2n) is 5.35. The van der Waals surface area contributed by atoms with Crippen LogP contribution >= 0.6 is 15.9 Å². The highest BCUT2D eigenvalue weighted by Gasteiger charge is 2.24. The zero-order chi connectivity index (χ0) is 18.6. The van der Waals surface area contributed by atoms with Crippen LogP contribution in [0.5, 0.6) is 0 Å². The van der Waals surface area contributed by atoms with Gasteiger partial charge in [-0.15, -0.1) is 0 Å². The van der Waals surface area contributed by atoms with Gasteiger partial charge in [0.15, 0.2) is 0 Å². The van der Waals surface area contributed by atoms with Crippen molar-refractivity contribution in [2.45, 2.75) is 25.7 Å². The molecule has 6 nitrogen and oxygen atoms in total. The lowest BCUT2D eigenvalue weighted by Gasteiger charge is -2.19. The molecule has 0 fully saturated rings. The molecule has 0 saturated heterocycles. The number of pyridine rings is 1. The predicted molar refractivity (Wildman–Crippen MR) is 101 cm³/mol. The fourth-order valence-electron chi connectivity index (χ4n) is 2.34. The number of aryl methyl sites for hydroxylation is 1. The van der Waals surface area contributed by atoms with E-state index >= 15 is 0 Å². The van der Waals surface area contributed by atoms with E-state index < -0.39 is 15.9 Å². The molecule has 0 atom stereocenters. The van der Waals surface area contributed by atoms with Gasteiger partial charge >= 0.3 is 0 Å². The van der Waals surface area contributed by atoms with Crippen molar-refractivity contribution in [1.82, 2.24) is 9.29 Å². The van der Waals surface area contributed by atoms with Gasteiger partial charge in [-0.2, -0.15) is 4.31 Å². The predicted octanol–water partition coefficient (Wildman–Crippen LogP) is 3.44. The van der Waals surface area contributed by atoms with Crippen LogP contribution in [0.1, 0.15) is 29.8 Å². The molecule has 1 heterocycles. The van der Waals surface area contributed by atoms with E-state index in [1.165, 1.54) is 16.4 Å². The minimum absolute atomic E-state index is 0.0855. The normalized spacial score (nSPS) is 11.6. The molecule has 1 amide bonds. The number of hydrogen-bond donors (Lipinski definition) is 1. The highest BCUT2D eigenvalue weighted by Crippen LogP contribution is 2.24. The number of carbonyl (C=O) groups excluding carboxylic acids is 1. The molecule has 25 heavy (non-hydrogen) atoms. The quantitative estimate of drug-likeness (QED) is 0.768. The highest BCUT2D eigenvalue weighted by molar-refractivity contribution is 9.10. The molecule has 0 aliphatic heterocycles. The molecule has 2 rings (SSSR count). The maximum absolute atomic E-state index is 12.7. The summed E-state index contributed by atoms with van der Waals surface area (Å²) in [5.74, 6) is 0.0154. The fraction of sp³-hybridized carbons (Fsp3) is 0.294. The molecule has 1 aromatic carbocycles. The molecule has 0 unspecified atom stereocenters. The lowest BCUT2D eigenvalue weighted by molar-refractivity contribution is 0.102. The Balaban J connectivity index is 2.39. The number of rotatable bonds is 6. The number of anilines is 1. The summed E-state index contributed by atoms with van der Waals surface area (Å²) in [5.41, 5.74) is 1.05. The number of hydrogen-bond acceptors (Lipinski definition) is 4. The van der Waals surface area contributed by atoms with Crippen molar-refractivity contribution >= 4 is 37.7 Å². The van der Waals surface area contributed by atoms with E-state index in [9.17, 15) is 13.2 Å². The molecule has 2 aromatic rings. The molecule has 1 N–H and O–H groups in total. The molecule has 0 spiro atoms. The SMILES string of the molecule is CCN(CC)S(=O)(=O)c1ccc(Br)c(C(=O)Nc2ncccc2C)c1. The molecule has 0 radical (unpaired) electrons. The lowest BCUT2D eigenvalue weighted by Crippen LogP contribution is -2.30. The van der Waals surface area contributed by atoms with E-state index in [2.05, 4.69) is 26.2 Å². The topological polar surface area (TPSA) is 79.4 Å². The number of sulfonamides is 1. The summed E-state index contributed by atoms with van der Waals surface area (Å²) in [6.07, 6.45) is 1.58. The second kappa shape index (κ2) is 8.07. The number of benzene rings is 1. The van der Waals surface area contributed by atoms with Crippen LogP contribution in [0.25, 0.3) is 0 Å². The molecule has 134 valence electrons. The Labute approximate surface area is 156 Å². The summed E-state index contributed by atoms with van der Waals surface area (Å²) >= 11 is 3.31. The van der Waals surface area contributed by atoms with Crippen LogP contribution in [0.15, 0.2) is 45.9 Å². The Bertz CT molecular complexity index is 880. The number of amides is 1. The number of nitrogens with zero attached hydrogens (tertiary/aromatic N) is 2. The van der Waals surface area contributed by atoms with Crippen molar-refractivity contribution < 1.29 is 13.2 Å². The molecular formula is C17H20BrN3O3S. The number of aromatic nitrogens is 1. The van der Waals surface area contributed by atoms with Gasteiger partial charge in [0, 0.05) is 23.8 Å². The van der Waals surface area contributed by atoms with E-state index in [-0.39, 0.29) is 10.5 Å². The van der Waals surface area contributed by atoms with Crippen molar-refractivity contribution in [3.8, 4) is 0 Å². The van der Waals surface area contributed by atoms with Crippen LogP contribution in [0.3, 0.4) is 0 Å². The van der Waals surface area contributed by atoms with Gasteiger partial charge in [-0.3, -0.25) is 4.79 Å². The van der Waals surface area contributed by atoms with Crippen molar-refractivity contribution in [2.75, 3.05) is 18.4 Å². The van der Waals surface area contributed by atoms with Crippen molar-refractivity contribution in [2.24, 2.45) is 0 Å². The third-order valence-electron chi connectivity index (χ3n) is 3.77. The third-order valence-corrected chi connectivity index (χ3v) is 6.50. The lowest BCUT2D eigenvalue weighted by atomic mass is 10.2. The fourth-order valence-corrected chi connectivity index (χ4v) is 4.25. The summed E-state index contributed by atoms with van der Waals surface area (Å²) in [6, 6.07) is 8.04. The molecule has 8 heteroatoms. The first-order valence-corrected chi connectivity index (χ1v) is 10.1. The number of carbonyl (C=O) groups is 1. The van der Waals surface area contributed by atoms with E-state index in [4.69, 9.17) is 0 Å². The Kier molecular flexibility index (Phi) is 6.31. The smallest absolute Gasteiger partial charge is 0.258 e. The maximum Gasteiger partial charge on any atom is 0.258 e. The van der Waals surface area contributed by atoms with E-state index in [0.29, 0.717) is 23.4 Å². The molecule has 0 aliphatic rings. The summed E-state index contributed by atoms with van der Waals surface area (Å²) in [4.78, 5) is 16.8. The summed E-state index contributed by atoms with van der Waals surface area (Å²) in [6.45, 7) is 6.11. The molecule has 0 aliphatic carbocycles. The second-order valence-corrected chi connectivity index (χ2v) is 8.15. The van der Waals surface area contributed by atoms with Crippen LogP contribution in [0.2, 0.25) is 0 Å². The number of nitrogens with one attached hydrogen (secondary N) is 1. The van der Waals surface area contributed by atoms with Crippen molar-refractivity contribution in [1.29, 1.82) is 0 Å². The molecular weight excluding hydrogens is 406 g/mol. The Morgan fingerprint density at radius 2 is 1.92 bits per heavy atom. The van der Waals surface area contributed by atoms with Crippen LogP contribution in [-0.4, -0.2) is 36.7 Å². The Morgan fingerprint density at radius 3 is 2.52 bits per heavy atom. The van der Waals surface area contributed by atoms with Gasteiger partial charge in [0.2, 0.25) is 10.0 Å². The zero-order valence-corrected chi connectivity index (χ0v) is 16.7. The van der Waals surface area contributed by atoms with Crippen LogP contribution < -0.4 is 5.32 Å². The van der Waals surface area contributed by atoms with Gasteiger partial charge in [-0.25, -0.2) is 13.4 Å². The summed E-state index contributed by atoms with van der Waals surface area (Å²) in [5, 5.41) is 2.71. The minimum atomic E-state index is -3.64. The Morgan fingerprint density at radius 1 is 1.24 bits per heavy atom. The first-order valence-electron chi connectivity index (χ1n) is 7.83. The van der Waals surface area contributed by atoms with Gasteiger partial charge < -0.3 is 5.32 Å². The van der Waals surface area contributed by atoms with Crippen molar-refractivity contribution in [3.05, 3.63) is 52.1 Å². The maximum atomic E-state index is 12.7. The van der Waals surface area contributed by atoms with Crippen molar-refractivity contribution in [3.63, 3.8) is 0 Å². The van der Waals surface area contributed by atoms with E-state index in [0.717, 1.165) is 5.56 Å². The Hall–Kier alpha value is -1.77. The average Bonchev–Trinajstić information content (AvgIpc) is 2.58. The first-order chi connectivity index (χ1) is 11.8. The first kappa shape index (κ1) is 19.6. The zero-order valence-electron chi connectivity index (χ0n) is 14.3. The van der Waals surface area contributed by atoms with Crippen LogP contribution in [0.4, 0.5) is 5.82 Å². The van der Waals surface area contributed by atoms with Gasteiger partial charge in [-0.05, 0) is 52.7 Å². The average molecular weight is 426 g/mol. The number of halogens is 1. The van der Waals surface area contributed by atoms with E-state index in [1.54, 1.807) is 32.2 Å². The molecule has 0 bridgehead atoms.